The Bertz CT molecular complexity index is 169. The van der Waals surface area contributed by atoms with E-state index in [-0.39, 0.29) is 12.7 Å². The highest BCUT2D eigenvalue weighted by atomic mass is 16.5. The molecule has 0 bridgehead atoms. The third kappa shape index (κ3) is 1.98. The highest BCUT2D eigenvalue weighted by molar-refractivity contribution is 4.93. The van der Waals surface area contributed by atoms with Gasteiger partial charge in [0.2, 0.25) is 0 Å². The number of ether oxygens (including phenoxy) is 1. The first kappa shape index (κ1) is 10.8. The molecule has 0 spiro atoms. The van der Waals surface area contributed by atoms with Crippen molar-refractivity contribution in [2.45, 2.75) is 37.4 Å². The van der Waals surface area contributed by atoms with Gasteiger partial charge in [0.15, 0.2) is 0 Å². The van der Waals surface area contributed by atoms with Gasteiger partial charge >= 0.3 is 0 Å². The Labute approximate surface area is 76.3 Å². The zero-order valence-electron chi connectivity index (χ0n) is 7.42. The summed E-state index contributed by atoms with van der Waals surface area (Å²) in [7, 11) is 0. The third-order valence-corrected chi connectivity index (χ3v) is 2.37. The fraction of sp³-hybridized carbons (Fsp3) is 1.00. The van der Waals surface area contributed by atoms with Crippen molar-refractivity contribution in [3.8, 4) is 0 Å². The van der Waals surface area contributed by atoms with E-state index < -0.39 is 24.4 Å². The van der Waals surface area contributed by atoms with E-state index in [1.54, 1.807) is 6.92 Å². The van der Waals surface area contributed by atoms with Crippen LogP contribution in [-0.2, 0) is 4.74 Å². The van der Waals surface area contributed by atoms with Crippen LogP contribution in [0.25, 0.3) is 0 Å². The SMILES string of the molecule is CC1OC(CO)C(O)C(O)C1NN. The van der Waals surface area contributed by atoms with Crippen LogP contribution in [0.3, 0.4) is 0 Å². The van der Waals surface area contributed by atoms with E-state index in [1.807, 2.05) is 0 Å². The minimum atomic E-state index is -1.11. The van der Waals surface area contributed by atoms with Crippen LogP contribution in [0, 0.1) is 0 Å². The second kappa shape index (κ2) is 4.32. The van der Waals surface area contributed by atoms with E-state index in [1.165, 1.54) is 0 Å². The Morgan fingerprint density at radius 1 is 1.38 bits per heavy atom. The van der Waals surface area contributed by atoms with Gasteiger partial charge in [0.05, 0.1) is 18.8 Å². The van der Waals surface area contributed by atoms with E-state index >= 15 is 0 Å². The van der Waals surface area contributed by atoms with Gasteiger partial charge < -0.3 is 20.1 Å². The van der Waals surface area contributed by atoms with Crippen molar-refractivity contribution in [3.63, 3.8) is 0 Å². The molecule has 1 aliphatic rings. The maximum absolute atomic E-state index is 9.53. The fourth-order valence-corrected chi connectivity index (χ4v) is 1.54. The molecule has 5 unspecified atom stereocenters. The Kier molecular flexibility index (Phi) is 3.60. The summed E-state index contributed by atoms with van der Waals surface area (Å²) in [5, 5.41) is 27.8. The summed E-state index contributed by atoms with van der Waals surface area (Å²) in [6.45, 7) is 1.39. The van der Waals surface area contributed by atoms with Gasteiger partial charge in [-0.1, -0.05) is 0 Å². The van der Waals surface area contributed by atoms with Crippen molar-refractivity contribution in [1.29, 1.82) is 0 Å². The molecule has 1 heterocycles. The average molecular weight is 192 g/mol. The molecule has 0 radical (unpaired) electrons. The third-order valence-electron chi connectivity index (χ3n) is 2.37. The maximum Gasteiger partial charge on any atom is 0.110 e. The largest absolute Gasteiger partial charge is 0.394 e. The lowest BCUT2D eigenvalue weighted by atomic mass is 9.94. The zero-order valence-corrected chi connectivity index (χ0v) is 7.42. The predicted molar refractivity (Wildman–Crippen MR) is 44.5 cm³/mol. The van der Waals surface area contributed by atoms with Gasteiger partial charge in [-0.15, -0.1) is 0 Å². The molecule has 1 saturated heterocycles. The van der Waals surface area contributed by atoms with Crippen LogP contribution in [0.2, 0.25) is 0 Å². The highest BCUT2D eigenvalue weighted by Crippen LogP contribution is 2.19. The van der Waals surface area contributed by atoms with Crippen LogP contribution < -0.4 is 11.3 Å². The summed E-state index contributed by atoms with van der Waals surface area (Å²) in [4.78, 5) is 0. The summed E-state index contributed by atoms with van der Waals surface area (Å²) in [6.07, 6.45) is -3.22. The molecule has 1 fully saturated rings. The van der Waals surface area contributed by atoms with Gasteiger partial charge in [0.25, 0.3) is 0 Å². The predicted octanol–water partition coefficient (Wildman–Crippen LogP) is -2.68. The molecule has 6 nitrogen and oxygen atoms in total. The molecular weight excluding hydrogens is 176 g/mol. The Morgan fingerprint density at radius 3 is 2.46 bits per heavy atom. The molecular formula is C7H16N2O4. The van der Waals surface area contributed by atoms with Crippen LogP contribution >= 0.6 is 0 Å². The summed E-state index contributed by atoms with van der Waals surface area (Å²) in [5.74, 6) is 5.17. The lowest BCUT2D eigenvalue weighted by Gasteiger charge is -2.40. The van der Waals surface area contributed by atoms with Gasteiger partial charge in [-0.3, -0.25) is 11.3 Å². The average Bonchev–Trinajstić information content (AvgIpc) is 2.12. The van der Waals surface area contributed by atoms with E-state index in [4.69, 9.17) is 15.7 Å². The molecule has 0 aromatic heterocycles. The normalized spacial score (nSPS) is 46.4. The molecule has 13 heavy (non-hydrogen) atoms. The van der Waals surface area contributed by atoms with Crippen molar-refractivity contribution in [2.24, 2.45) is 5.84 Å². The Hall–Kier alpha value is -0.240. The van der Waals surface area contributed by atoms with Gasteiger partial charge in [0.1, 0.15) is 18.3 Å². The topological polar surface area (TPSA) is 108 Å². The van der Waals surface area contributed by atoms with Crippen molar-refractivity contribution in [1.82, 2.24) is 5.43 Å². The second-order valence-corrected chi connectivity index (χ2v) is 3.24. The molecule has 0 saturated carbocycles. The van der Waals surface area contributed by atoms with E-state index in [0.717, 1.165) is 0 Å². The molecule has 5 atom stereocenters. The molecule has 0 aromatic rings. The number of hydrazine groups is 1. The molecule has 6 heteroatoms. The van der Waals surface area contributed by atoms with Crippen LogP contribution in [0.5, 0.6) is 0 Å². The van der Waals surface area contributed by atoms with Crippen LogP contribution in [0.4, 0.5) is 0 Å². The first-order chi connectivity index (χ1) is 6.11. The van der Waals surface area contributed by atoms with Crippen molar-refractivity contribution in [2.75, 3.05) is 6.61 Å². The minimum Gasteiger partial charge on any atom is -0.394 e. The number of aliphatic hydroxyl groups is 3. The van der Waals surface area contributed by atoms with Gasteiger partial charge in [0, 0.05) is 0 Å². The smallest absolute Gasteiger partial charge is 0.110 e. The number of nitrogens with one attached hydrogen (secondary N) is 1. The van der Waals surface area contributed by atoms with Gasteiger partial charge in [-0.05, 0) is 6.92 Å². The lowest BCUT2D eigenvalue weighted by molar-refractivity contribution is -0.189. The van der Waals surface area contributed by atoms with E-state index in [9.17, 15) is 10.2 Å². The number of aliphatic hydroxyl groups excluding tert-OH is 3. The number of nitrogens with two attached hydrogens (primary N) is 1. The number of rotatable bonds is 2. The molecule has 78 valence electrons. The molecule has 1 aliphatic heterocycles. The first-order valence-electron chi connectivity index (χ1n) is 4.20. The maximum atomic E-state index is 9.53. The van der Waals surface area contributed by atoms with Crippen molar-refractivity contribution >= 4 is 0 Å². The standard InChI is InChI=1S/C7H16N2O4/c1-3-5(9-8)7(12)6(11)4(2-10)13-3/h3-7,9-12H,2,8H2,1H3. The van der Waals surface area contributed by atoms with Crippen LogP contribution in [0.1, 0.15) is 6.92 Å². The fourth-order valence-electron chi connectivity index (χ4n) is 1.54. The monoisotopic (exact) mass is 192 g/mol. The number of hydrogen-bond acceptors (Lipinski definition) is 6. The van der Waals surface area contributed by atoms with Gasteiger partial charge in [-0.2, -0.15) is 0 Å². The van der Waals surface area contributed by atoms with Crippen molar-refractivity contribution in [3.05, 3.63) is 0 Å². The molecule has 6 N–H and O–H groups in total. The molecule has 0 amide bonds. The van der Waals surface area contributed by atoms with Crippen LogP contribution in [0.15, 0.2) is 0 Å². The van der Waals surface area contributed by atoms with E-state index in [0.29, 0.717) is 0 Å². The summed E-state index contributed by atoms with van der Waals surface area (Å²) >= 11 is 0. The van der Waals surface area contributed by atoms with Crippen LogP contribution in [-0.4, -0.2) is 52.4 Å². The van der Waals surface area contributed by atoms with Crippen molar-refractivity contribution < 1.29 is 20.1 Å². The number of hydrogen-bond donors (Lipinski definition) is 5. The summed E-state index contributed by atoms with van der Waals surface area (Å²) in [5.41, 5.74) is 2.36. The molecule has 0 aromatic carbocycles. The Morgan fingerprint density at radius 2 is 2.00 bits per heavy atom. The summed E-state index contributed by atoms with van der Waals surface area (Å²) < 4.78 is 5.22. The van der Waals surface area contributed by atoms with Gasteiger partial charge in [-0.25, -0.2) is 0 Å². The summed E-state index contributed by atoms with van der Waals surface area (Å²) in [6, 6.07) is -0.516. The van der Waals surface area contributed by atoms with E-state index in [2.05, 4.69) is 5.43 Å². The molecule has 1 rings (SSSR count). The minimum absolute atomic E-state index is 0.320. The first-order valence-corrected chi connectivity index (χ1v) is 4.20. The zero-order chi connectivity index (χ0) is 10.0. The lowest BCUT2D eigenvalue weighted by Crippen LogP contribution is -2.63. The highest BCUT2D eigenvalue weighted by Gasteiger charge is 2.41. The Balaban J connectivity index is 2.66. The quantitative estimate of drug-likeness (QED) is 0.241. The molecule has 0 aliphatic carbocycles. The second-order valence-electron chi connectivity index (χ2n) is 3.24.